The molecule has 0 bridgehead atoms. The smallest absolute Gasteiger partial charge is 0.185 e. The molecule has 0 aliphatic heterocycles. The summed E-state index contributed by atoms with van der Waals surface area (Å²) in [6.45, 7) is 6.73. The van der Waals surface area contributed by atoms with E-state index in [0.717, 1.165) is 50.5 Å². The minimum Gasteiger partial charge on any atom is -0.396 e. The Kier molecular flexibility index (Phi) is 7.48. The maximum Gasteiger partial charge on any atom is 0.185 e. The predicted octanol–water partition coefficient (Wildman–Crippen LogP) is 5.30. The molecular formula is C22H34O3S. The number of allylic oxidation sites excluding steroid dienone is 1. The van der Waals surface area contributed by atoms with Crippen LogP contribution in [0.1, 0.15) is 72.1 Å². The molecule has 0 spiro atoms. The van der Waals surface area contributed by atoms with Crippen LogP contribution in [0.15, 0.2) is 46.4 Å². The van der Waals surface area contributed by atoms with Gasteiger partial charge in [0.1, 0.15) is 0 Å². The molecule has 4 heteroatoms. The lowest BCUT2D eigenvalue weighted by Crippen LogP contribution is -2.34. The van der Waals surface area contributed by atoms with E-state index in [1.54, 1.807) is 24.3 Å². The molecule has 0 amide bonds. The van der Waals surface area contributed by atoms with Gasteiger partial charge in [0, 0.05) is 6.61 Å². The van der Waals surface area contributed by atoms with E-state index < -0.39 is 15.1 Å². The molecule has 1 aromatic rings. The van der Waals surface area contributed by atoms with Crippen LogP contribution in [0.2, 0.25) is 0 Å². The lowest BCUT2D eigenvalue weighted by Gasteiger charge is -2.39. The molecular weight excluding hydrogens is 344 g/mol. The van der Waals surface area contributed by atoms with Crippen LogP contribution in [0.4, 0.5) is 0 Å². The fraction of sp³-hybridized carbons (Fsp3) is 0.636. The van der Waals surface area contributed by atoms with Crippen LogP contribution in [0.5, 0.6) is 0 Å². The van der Waals surface area contributed by atoms with Gasteiger partial charge in [-0.3, -0.25) is 0 Å². The van der Waals surface area contributed by atoms with E-state index in [2.05, 4.69) is 20.8 Å². The van der Waals surface area contributed by atoms with Gasteiger partial charge in [0.15, 0.2) is 9.84 Å². The number of sulfone groups is 1. The van der Waals surface area contributed by atoms with Crippen LogP contribution in [0.3, 0.4) is 0 Å². The van der Waals surface area contributed by atoms with Gasteiger partial charge >= 0.3 is 0 Å². The summed E-state index contributed by atoms with van der Waals surface area (Å²) >= 11 is 0. The van der Waals surface area contributed by atoms with Crippen molar-refractivity contribution in [3.8, 4) is 0 Å². The zero-order chi connectivity index (χ0) is 19.2. The van der Waals surface area contributed by atoms with E-state index >= 15 is 0 Å². The van der Waals surface area contributed by atoms with Crippen molar-refractivity contribution in [1.29, 1.82) is 0 Å². The first-order valence-corrected chi connectivity index (χ1v) is 11.5. The molecule has 2 rings (SSSR count). The highest BCUT2D eigenvalue weighted by atomic mass is 32.2. The van der Waals surface area contributed by atoms with Gasteiger partial charge in [-0.2, -0.15) is 0 Å². The van der Waals surface area contributed by atoms with E-state index in [4.69, 9.17) is 5.11 Å². The minimum atomic E-state index is -3.40. The SMILES string of the molecule is CC1=C(C(CCCCCCO)S(=O)(=O)c2ccccc2)C(C)(C)CCC1. The fourth-order valence-corrected chi connectivity index (χ4v) is 6.55. The first-order valence-electron chi connectivity index (χ1n) is 9.90. The number of unbranched alkanes of at least 4 members (excludes halogenated alkanes) is 3. The normalized spacial score (nSPS) is 18.8. The highest BCUT2D eigenvalue weighted by Crippen LogP contribution is 2.45. The van der Waals surface area contributed by atoms with Crippen LogP contribution in [0.25, 0.3) is 0 Å². The average molecular weight is 379 g/mol. The third-order valence-corrected chi connectivity index (χ3v) is 7.83. The molecule has 1 N–H and O–H groups in total. The van der Waals surface area contributed by atoms with Crippen LogP contribution in [-0.2, 0) is 9.84 Å². The Morgan fingerprint density at radius 2 is 1.73 bits per heavy atom. The highest BCUT2D eigenvalue weighted by molar-refractivity contribution is 7.92. The Labute approximate surface area is 159 Å². The van der Waals surface area contributed by atoms with Gasteiger partial charge in [0.2, 0.25) is 0 Å². The second-order valence-electron chi connectivity index (χ2n) is 8.20. The second kappa shape index (κ2) is 9.18. The van der Waals surface area contributed by atoms with E-state index in [1.165, 1.54) is 5.57 Å². The lowest BCUT2D eigenvalue weighted by atomic mass is 9.71. The molecule has 26 heavy (non-hydrogen) atoms. The summed E-state index contributed by atoms with van der Waals surface area (Å²) in [5, 5.41) is 8.52. The van der Waals surface area contributed by atoms with Crippen molar-refractivity contribution in [2.45, 2.75) is 82.3 Å². The van der Waals surface area contributed by atoms with Crippen molar-refractivity contribution < 1.29 is 13.5 Å². The quantitative estimate of drug-likeness (QED) is 0.469. The van der Waals surface area contributed by atoms with Gasteiger partial charge < -0.3 is 5.11 Å². The number of aliphatic hydroxyl groups excluding tert-OH is 1. The van der Waals surface area contributed by atoms with Gasteiger partial charge in [-0.15, -0.1) is 0 Å². The molecule has 1 atom stereocenters. The molecule has 0 heterocycles. The Balaban J connectivity index is 2.36. The molecule has 3 nitrogen and oxygen atoms in total. The standard InChI is InChI=1S/C22H34O3S/c1-18-12-11-16-22(2,3)21(18)20(15-9-4-5-10-17-23)26(24,25)19-13-7-6-8-14-19/h6-8,13-14,20,23H,4-5,9-12,15-17H2,1-3H3. The van der Waals surface area contributed by atoms with Crippen molar-refractivity contribution in [1.82, 2.24) is 0 Å². The van der Waals surface area contributed by atoms with E-state index in [0.29, 0.717) is 11.3 Å². The van der Waals surface area contributed by atoms with Crippen molar-refractivity contribution >= 4 is 9.84 Å². The van der Waals surface area contributed by atoms with Gasteiger partial charge in [-0.25, -0.2) is 8.42 Å². The van der Waals surface area contributed by atoms with Crippen LogP contribution < -0.4 is 0 Å². The summed E-state index contributed by atoms with van der Waals surface area (Å²) in [7, 11) is -3.40. The number of aliphatic hydroxyl groups is 1. The molecule has 1 aliphatic rings. The summed E-state index contributed by atoms with van der Waals surface area (Å²) < 4.78 is 27.0. The zero-order valence-electron chi connectivity index (χ0n) is 16.5. The fourth-order valence-electron chi connectivity index (χ4n) is 4.38. The first-order chi connectivity index (χ1) is 12.3. The zero-order valence-corrected chi connectivity index (χ0v) is 17.3. The summed E-state index contributed by atoms with van der Waals surface area (Å²) in [6, 6.07) is 8.91. The van der Waals surface area contributed by atoms with Crippen molar-refractivity contribution in [2.75, 3.05) is 6.61 Å². The molecule has 0 saturated carbocycles. The Hall–Kier alpha value is -1.13. The van der Waals surface area contributed by atoms with Crippen molar-refractivity contribution in [3.05, 3.63) is 41.5 Å². The van der Waals surface area contributed by atoms with Crippen LogP contribution in [-0.4, -0.2) is 25.4 Å². The Bertz CT molecular complexity index is 702. The minimum absolute atomic E-state index is 0.0695. The Morgan fingerprint density at radius 1 is 1.08 bits per heavy atom. The summed E-state index contributed by atoms with van der Waals surface area (Å²) in [4.78, 5) is 0.432. The van der Waals surface area contributed by atoms with E-state index in [9.17, 15) is 8.42 Å². The molecule has 0 aromatic heterocycles. The van der Waals surface area contributed by atoms with Crippen molar-refractivity contribution in [2.24, 2.45) is 5.41 Å². The molecule has 146 valence electrons. The van der Waals surface area contributed by atoms with E-state index in [1.807, 2.05) is 6.07 Å². The van der Waals surface area contributed by atoms with Gasteiger partial charge in [-0.05, 0) is 62.1 Å². The van der Waals surface area contributed by atoms with Crippen LogP contribution in [0, 0.1) is 5.41 Å². The first kappa shape index (κ1) is 21.2. The largest absolute Gasteiger partial charge is 0.396 e. The number of hydrogen-bond donors (Lipinski definition) is 1. The second-order valence-corrected chi connectivity index (χ2v) is 10.3. The molecule has 1 aromatic carbocycles. The molecule has 0 saturated heterocycles. The molecule has 1 aliphatic carbocycles. The molecule has 0 radical (unpaired) electrons. The van der Waals surface area contributed by atoms with Gasteiger partial charge in [0.25, 0.3) is 0 Å². The number of rotatable bonds is 9. The monoisotopic (exact) mass is 378 g/mol. The third-order valence-electron chi connectivity index (χ3n) is 5.69. The lowest BCUT2D eigenvalue weighted by molar-refractivity contribution is 0.282. The van der Waals surface area contributed by atoms with Crippen molar-refractivity contribution in [3.63, 3.8) is 0 Å². The van der Waals surface area contributed by atoms with Gasteiger partial charge in [0.05, 0.1) is 10.1 Å². The topological polar surface area (TPSA) is 54.4 Å². The average Bonchev–Trinajstić information content (AvgIpc) is 2.60. The number of benzene rings is 1. The van der Waals surface area contributed by atoms with E-state index in [-0.39, 0.29) is 12.0 Å². The number of hydrogen-bond acceptors (Lipinski definition) is 3. The highest BCUT2D eigenvalue weighted by Gasteiger charge is 2.40. The predicted molar refractivity (Wildman–Crippen MR) is 108 cm³/mol. The summed E-state index contributed by atoms with van der Waals surface area (Å²) in [5.41, 5.74) is 2.34. The molecule has 0 fully saturated rings. The maximum atomic E-state index is 13.5. The summed E-state index contributed by atoms with van der Waals surface area (Å²) in [6.07, 6.45) is 7.45. The van der Waals surface area contributed by atoms with Gasteiger partial charge in [-0.1, -0.05) is 56.9 Å². The summed E-state index contributed by atoms with van der Waals surface area (Å²) in [5.74, 6) is 0. The molecule has 1 unspecified atom stereocenters. The third kappa shape index (κ3) is 4.98. The maximum absolute atomic E-state index is 13.5. The Morgan fingerprint density at radius 3 is 2.35 bits per heavy atom. The van der Waals surface area contributed by atoms with Crippen LogP contribution >= 0.6 is 0 Å².